The monoisotopic (exact) mass is 472 g/mol. The molecule has 0 saturated carbocycles. The van der Waals surface area contributed by atoms with Gasteiger partial charge in [-0.15, -0.1) is 0 Å². The van der Waals surface area contributed by atoms with Gasteiger partial charge in [0.2, 0.25) is 17.5 Å². The molecule has 0 bridgehead atoms. The molecule has 2 heterocycles. The van der Waals surface area contributed by atoms with E-state index in [0.29, 0.717) is 12.0 Å². The maximum absolute atomic E-state index is 14.8. The fraction of sp³-hybridized carbons (Fsp3) is 0.500. The van der Waals surface area contributed by atoms with Crippen LogP contribution in [0.4, 0.5) is 22.0 Å². The molecule has 0 radical (unpaired) electrons. The fourth-order valence-corrected chi connectivity index (χ4v) is 4.20. The molecule has 0 amide bonds. The van der Waals surface area contributed by atoms with Crippen molar-refractivity contribution >= 4 is 0 Å². The van der Waals surface area contributed by atoms with Gasteiger partial charge in [0.15, 0.2) is 23.0 Å². The molecule has 2 aromatic rings. The van der Waals surface area contributed by atoms with Crippen LogP contribution in [-0.4, -0.2) is 25.4 Å². The quantitative estimate of drug-likeness (QED) is 0.356. The highest BCUT2D eigenvalue weighted by atomic mass is 19.3. The van der Waals surface area contributed by atoms with Crippen LogP contribution in [0.2, 0.25) is 0 Å². The number of halogens is 5. The molecule has 2 aliphatic rings. The molecule has 9 heteroatoms. The zero-order chi connectivity index (χ0) is 23.8. The first-order valence-corrected chi connectivity index (χ1v) is 11.1. The van der Waals surface area contributed by atoms with Crippen molar-refractivity contribution in [3.05, 3.63) is 46.8 Å². The minimum atomic E-state index is -3.76. The van der Waals surface area contributed by atoms with Crippen molar-refractivity contribution in [2.75, 3.05) is 13.2 Å². The second-order valence-electron chi connectivity index (χ2n) is 8.25. The van der Waals surface area contributed by atoms with Crippen molar-refractivity contribution in [2.24, 2.45) is 5.92 Å². The summed E-state index contributed by atoms with van der Waals surface area (Å²) in [5.41, 5.74) is 0.411. The lowest BCUT2D eigenvalue weighted by atomic mass is 9.95. The molecule has 2 aromatic carbocycles. The predicted molar refractivity (Wildman–Crippen MR) is 110 cm³/mol. The summed E-state index contributed by atoms with van der Waals surface area (Å²) in [4.78, 5) is 0. The first kappa shape index (κ1) is 23.6. The Bertz CT molecular complexity index is 1020. The van der Waals surface area contributed by atoms with E-state index in [0.717, 1.165) is 18.9 Å². The average Bonchev–Trinajstić information content (AvgIpc) is 2.79. The topological polar surface area (TPSA) is 36.9 Å². The van der Waals surface area contributed by atoms with E-state index in [2.05, 4.69) is 0 Å². The number of fused-ring (bicyclic) bond motifs is 2. The van der Waals surface area contributed by atoms with Crippen LogP contribution in [0.25, 0.3) is 0 Å². The molecule has 2 aliphatic heterocycles. The van der Waals surface area contributed by atoms with Crippen molar-refractivity contribution in [1.29, 1.82) is 0 Å². The average molecular weight is 472 g/mol. The number of ether oxygens (including phenoxy) is 4. The summed E-state index contributed by atoms with van der Waals surface area (Å²) in [7, 11) is 0. The highest BCUT2D eigenvalue weighted by Crippen LogP contribution is 2.46. The molecule has 0 aromatic heterocycles. The lowest BCUT2D eigenvalue weighted by molar-refractivity contribution is -0.242. The second-order valence-corrected chi connectivity index (χ2v) is 8.25. The van der Waals surface area contributed by atoms with Crippen LogP contribution in [0.3, 0.4) is 0 Å². The molecule has 2 atom stereocenters. The first-order valence-electron chi connectivity index (χ1n) is 11.1. The summed E-state index contributed by atoms with van der Waals surface area (Å²) < 4.78 is 94.3. The maximum atomic E-state index is 14.8. The predicted octanol–water partition coefficient (Wildman–Crippen LogP) is 6.77. The van der Waals surface area contributed by atoms with Gasteiger partial charge in [-0.25, -0.2) is 0 Å². The molecule has 2 unspecified atom stereocenters. The van der Waals surface area contributed by atoms with Gasteiger partial charge in [-0.1, -0.05) is 19.4 Å². The minimum Gasteiger partial charge on any atom is -0.491 e. The van der Waals surface area contributed by atoms with Gasteiger partial charge in [0.1, 0.15) is 0 Å². The summed E-state index contributed by atoms with van der Waals surface area (Å²) >= 11 is 0. The van der Waals surface area contributed by atoms with E-state index in [4.69, 9.17) is 18.9 Å². The molecule has 0 spiro atoms. The molecule has 180 valence electrons. The van der Waals surface area contributed by atoms with E-state index in [1.54, 1.807) is 6.92 Å². The van der Waals surface area contributed by atoms with E-state index in [-0.39, 0.29) is 49.2 Å². The van der Waals surface area contributed by atoms with E-state index in [1.165, 1.54) is 12.1 Å². The first-order chi connectivity index (χ1) is 15.7. The van der Waals surface area contributed by atoms with Crippen molar-refractivity contribution in [3.8, 4) is 23.0 Å². The summed E-state index contributed by atoms with van der Waals surface area (Å²) in [6.07, 6.45) is -1.66. The zero-order valence-electron chi connectivity index (χ0n) is 18.4. The third-order valence-electron chi connectivity index (χ3n) is 5.94. The molecular formula is C24H25F5O4. The molecular weight excluding hydrogens is 447 g/mol. The normalized spacial score (nSPS) is 20.0. The third kappa shape index (κ3) is 4.60. The minimum absolute atomic E-state index is 0.0572. The van der Waals surface area contributed by atoms with Crippen molar-refractivity contribution in [2.45, 2.75) is 58.2 Å². The van der Waals surface area contributed by atoms with Gasteiger partial charge in [0.25, 0.3) is 0 Å². The van der Waals surface area contributed by atoms with Crippen LogP contribution in [-0.2, 0) is 11.2 Å². The lowest BCUT2D eigenvalue weighted by Crippen LogP contribution is -2.42. The summed E-state index contributed by atoms with van der Waals surface area (Å²) in [6, 6.07) is 3.89. The van der Waals surface area contributed by atoms with Crippen LogP contribution in [0, 0.1) is 23.4 Å². The Morgan fingerprint density at radius 1 is 0.970 bits per heavy atom. The molecule has 0 aliphatic carbocycles. The van der Waals surface area contributed by atoms with Crippen LogP contribution in [0.15, 0.2) is 18.2 Å². The standard InChI is InChI=1S/C24H25F5O4/c1-3-5-16-8-7-15(12-31-16)24(28,29)33-18-11-14-10-13-6-9-17(30-4-2)20(26)22(13)32-23(14)21(27)19(18)25/h6,9,11,15-16H,3-5,7-8,10,12H2,1-2H3. The van der Waals surface area contributed by atoms with Gasteiger partial charge in [0, 0.05) is 17.5 Å². The summed E-state index contributed by atoms with van der Waals surface area (Å²) in [5.74, 6) is -7.13. The SMILES string of the molecule is CCCC1CCC(C(F)(F)Oc2cc3c(c(F)c2F)Oc2c(ccc(OCC)c2F)C3)CO1. The Hall–Kier alpha value is -2.55. The molecule has 0 N–H and O–H groups in total. The summed E-state index contributed by atoms with van der Waals surface area (Å²) in [6.45, 7) is 3.62. The number of alkyl halides is 2. The van der Waals surface area contributed by atoms with Crippen LogP contribution >= 0.6 is 0 Å². The van der Waals surface area contributed by atoms with Gasteiger partial charge >= 0.3 is 6.11 Å². The van der Waals surface area contributed by atoms with Gasteiger partial charge in [-0.2, -0.15) is 22.0 Å². The third-order valence-corrected chi connectivity index (χ3v) is 5.94. The molecule has 1 saturated heterocycles. The zero-order valence-corrected chi connectivity index (χ0v) is 18.4. The smallest absolute Gasteiger partial charge is 0.403 e. The Kier molecular flexibility index (Phi) is 6.70. The van der Waals surface area contributed by atoms with E-state index in [9.17, 15) is 22.0 Å². The van der Waals surface area contributed by atoms with Crippen LogP contribution < -0.4 is 14.2 Å². The number of hydrogen-bond donors (Lipinski definition) is 0. The van der Waals surface area contributed by atoms with Gasteiger partial charge < -0.3 is 18.9 Å². The van der Waals surface area contributed by atoms with Crippen molar-refractivity contribution in [3.63, 3.8) is 0 Å². The highest BCUT2D eigenvalue weighted by molar-refractivity contribution is 5.55. The second kappa shape index (κ2) is 9.37. The molecule has 33 heavy (non-hydrogen) atoms. The Balaban J connectivity index is 1.57. The van der Waals surface area contributed by atoms with Crippen molar-refractivity contribution < 1.29 is 40.9 Å². The largest absolute Gasteiger partial charge is 0.491 e. The number of hydrogen-bond acceptors (Lipinski definition) is 4. The number of rotatable bonds is 7. The maximum Gasteiger partial charge on any atom is 0.403 e. The van der Waals surface area contributed by atoms with E-state index < -0.39 is 41.0 Å². The highest BCUT2D eigenvalue weighted by Gasteiger charge is 2.45. The lowest BCUT2D eigenvalue weighted by Gasteiger charge is -2.33. The molecule has 4 nitrogen and oxygen atoms in total. The van der Waals surface area contributed by atoms with Crippen LogP contribution in [0.1, 0.15) is 50.7 Å². The fourth-order valence-electron chi connectivity index (χ4n) is 4.20. The summed E-state index contributed by atoms with van der Waals surface area (Å²) in [5, 5.41) is 0. The van der Waals surface area contributed by atoms with E-state index >= 15 is 0 Å². The molecule has 1 fully saturated rings. The molecule has 4 rings (SSSR count). The van der Waals surface area contributed by atoms with Gasteiger partial charge in [0.05, 0.1) is 25.2 Å². The number of benzene rings is 2. The van der Waals surface area contributed by atoms with Gasteiger partial charge in [-0.05, 0) is 38.3 Å². The van der Waals surface area contributed by atoms with E-state index in [1.807, 2.05) is 6.92 Å². The Labute approximate surface area is 188 Å². The van der Waals surface area contributed by atoms with Gasteiger partial charge in [-0.3, -0.25) is 0 Å². The Morgan fingerprint density at radius 2 is 1.73 bits per heavy atom. The van der Waals surface area contributed by atoms with Crippen LogP contribution in [0.5, 0.6) is 23.0 Å². The Morgan fingerprint density at radius 3 is 2.39 bits per heavy atom. The van der Waals surface area contributed by atoms with Crippen molar-refractivity contribution in [1.82, 2.24) is 0 Å².